The molecule has 2 fully saturated rings. The summed E-state index contributed by atoms with van der Waals surface area (Å²) in [5, 5.41) is 4.89. The normalized spacial score (nSPS) is 17.1. The number of halogens is 3. The van der Waals surface area contributed by atoms with Gasteiger partial charge in [0.2, 0.25) is 11.8 Å². The highest BCUT2D eigenvalue weighted by molar-refractivity contribution is 7.14. The van der Waals surface area contributed by atoms with E-state index in [-0.39, 0.29) is 18.0 Å². The van der Waals surface area contributed by atoms with E-state index in [0.29, 0.717) is 29.5 Å². The van der Waals surface area contributed by atoms with E-state index in [0.717, 1.165) is 44.5 Å². The Kier molecular flexibility index (Phi) is 5.68. The minimum absolute atomic E-state index is 0.0135. The Balaban J connectivity index is 1.50. The molecule has 30 heavy (non-hydrogen) atoms. The molecule has 0 aliphatic carbocycles. The summed E-state index contributed by atoms with van der Waals surface area (Å²) in [6.07, 6.45) is -1.37. The van der Waals surface area contributed by atoms with Crippen LogP contribution in [0, 0.1) is 0 Å². The number of nitrogens with zero attached hydrogens (tertiary/aromatic N) is 3. The lowest BCUT2D eigenvalue weighted by Gasteiger charge is -2.23. The number of hydrogen-bond donors (Lipinski definition) is 1. The third-order valence-corrected chi connectivity index (χ3v) is 6.14. The van der Waals surface area contributed by atoms with Crippen molar-refractivity contribution < 1.29 is 22.8 Å². The maximum atomic E-state index is 13.2. The number of carbonyl (C=O) groups excluding carboxylic acids is 2. The summed E-state index contributed by atoms with van der Waals surface area (Å²) >= 11 is 1.29. The molecule has 10 heteroatoms. The fourth-order valence-electron chi connectivity index (χ4n) is 3.76. The molecule has 160 valence electrons. The molecule has 4 rings (SSSR count). The van der Waals surface area contributed by atoms with E-state index < -0.39 is 17.6 Å². The van der Waals surface area contributed by atoms with E-state index in [2.05, 4.69) is 10.3 Å². The molecule has 1 N–H and O–H groups in total. The minimum atomic E-state index is -4.49. The zero-order chi connectivity index (χ0) is 21.3. The Morgan fingerprint density at radius 3 is 2.60 bits per heavy atom. The highest BCUT2D eigenvalue weighted by Crippen LogP contribution is 2.36. The van der Waals surface area contributed by atoms with Gasteiger partial charge in [-0.2, -0.15) is 13.2 Å². The maximum Gasteiger partial charge on any atom is 0.416 e. The SMILES string of the molecule is O=C(Cc1csc(N2CCCC2=O)n1)Nc1cc(C(F)(F)F)ccc1N1CCCC1. The van der Waals surface area contributed by atoms with Crippen LogP contribution in [-0.2, 0) is 22.2 Å². The van der Waals surface area contributed by atoms with Crippen LogP contribution in [0.25, 0.3) is 0 Å². The van der Waals surface area contributed by atoms with Gasteiger partial charge in [-0.1, -0.05) is 0 Å². The average Bonchev–Trinajstić information content (AvgIpc) is 3.42. The van der Waals surface area contributed by atoms with Crippen molar-refractivity contribution in [2.45, 2.75) is 38.3 Å². The van der Waals surface area contributed by atoms with Crippen molar-refractivity contribution in [1.29, 1.82) is 0 Å². The molecule has 2 aliphatic heterocycles. The number of alkyl halides is 3. The summed E-state index contributed by atoms with van der Waals surface area (Å²) in [5.41, 5.74) is 0.434. The molecule has 2 amide bonds. The van der Waals surface area contributed by atoms with Gasteiger partial charge in [-0.05, 0) is 37.5 Å². The highest BCUT2D eigenvalue weighted by atomic mass is 32.1. The first kappa shape index (κ1) is 20.6. The summed E-state index contributed by atoms with van der Waals surface area (Å²) in [7, 11) is 0. The molecule has 0 atom stereocenters. The van der Waals surface area contributed by atoms with Crippen molar-refractivity contribution in [2.24, 2.45) is 0 Å². The molecule has 2 aromatic rings. The van der Waals surface area contributed by atoms with E-state index in [1.807, 2.05) is 4.90 Å². The van der Waals surface area contributed by atoms with Gasteiger partial charge in [-0.3, -0.25) is 14.5 Å². The zero-order valence-corrected chi connectivity index (χ0v) is 17.0. The van der Waals surface area contributed by atoms with Crippen LogP contribution >= 0.6 is 11.3 Å². The zero-order valence-electron chi connectivity index (χ0n) is 16.2. The van der Waals surface area contributed by atoms with Gasteiger partial charge in [-0.25, -0.2) is 4.98 Å². The van der Waals surface area contributed by atoms with Gasteiger partial charge in [-0.15, -0.1) is 11.3 Å². The fourth-order valence-corrected chi connectivity index (χ4v) is 4.62. The first-order chi connectivity index (χ1) is 14.3. The van der Waals surface area contributed by atoms with Crippen molar-refractivity contribution in [3.05, 3.63) is 34.8 Å². The Morgan fingerprint density at radius 1 is 1.17 bits per heavy atom. The first-order valence-corrected chi connectivity index (χ1v) is 10.7. The number of aromatic nitrogens is 1. The number of thiazole rings is 1. The molecule has 1 aromatic carbocycles. The maximum absolute atomic E-state index is 13.2. The van der Waals surface area contributed by atoms with Gasteiger partial charge in [0.15, 0.2) is 5.13 Å². The predicted octanol–water partition coefficient (Wildman–Crippen LogP) is 4.07. The van der Waals surface area contributed by atoms with Crippen LogP contribution in [0.5, 0.6) is 0 Å². The first-order valence-electron chi connectivity index (χ1n) is 9.82. The molecule has 6 nitrogen and oxygen atoms in total. The van der Waals surface area contributed by atoms with E-state index in [1.165, 1.54) is 17.4 Å². The Bertz CT molecular complexity index is 954. The summed E-state index contributed by atoms with van der Waals surface area (Å²) in [5.74, 6) is -0.432. The van der Waals surface area contributed by atoms with Crippen LogP contribution in [0.2, 0.25) is 0 Å². The highest BCUT2D eigenvalue weighted by Gasteiger charge is 2.32. The largest absolute Gasteiger partial charge is 0.416 e. The van der Waals surface area contributed by atoms with E-state index >= 15 is 0 Å². The lowest BCUT2D eigenvalue weighted by molar-refractivity contribution is -0.137. The summed E-state index contributed by atoms with van der Waals surface area (Å²) in [6.45, 7) is 2.10. The van der Waals surface area contributed by atoms with E-state index in [4.69, 9.17) is 0 Å². The number of carbonyl (C=O) groups is 2. The van der Waals surface area contributed by atoms with Gasteiger partial charge < -0.3 is 10.2 Å². The standard InChI is InChI=1S/C20H21F3N4O2S/c21-20(22,23)13-5-6-16(26-7-1-2-8-26)15(10-13)25-17(28)11-14-12-30-19(24-14)27-9-3-4-18(27)29/h5-6,10,12H,1-4,7-9,11H2,(H,25,28). The molecule has 0 bridgehead atoms. The average molecular weight is 438 g/mol. The molecular formula is C20H21F3N4O2S. The van der Waals surface area contributed by atoms with Gasteiger partial charge >= 0.3 is 6.18 Å². The molecule has 0 spiro atoms. The van der Waals surface area contributed by atoms with Crippen LogP contribution in [0.4, 0.5) is 29.7 Å². The quantitative estimate of drug-likeness (QED) is 0.764. The third-order valence-electron chi connectivity index (χ3n) is 5.23. The summed E-state index contributed by atoms with van der Waals surface area (Å²) in [4.78, 5) is 32.4. The van der Waals surface area contributed by atoms with Crippen molar-refractivity contribution >= 4 is 39.7 Å². The fraction of sp³-hybridized carbons (Fsp3) is 0.450. The molecule has 0 radical (unpaired) electrons. The van der Waals surface area contributed by atoms with Crippen LogP contribution < -0.4 is 15.1 Å². The second-order valence-electron chi connectivity index (χ2n) is 7.42. The summed E-state index contributed by atoms with van der Waals surface area (Å²) in [6, 6.07) is 3.45. The second-order valence-corrected chi connectivity index (χ2v) is 8.26. The molecule has 0 saturated carbocycles. The van der Waals surface area contributed by atoms with Crippen LogP contribution in [-0.4, -0.2) is 36.4 Å². The Morgan fingerprint density at radius 2 is 1.93 bits per heavy atom. The lowest BCUT2D eigenvalue weighted by atomic mass is 10.1. The topological polar surface area (TPSA) is 65.5 Å². The van der Waals surface area contributed by atoms with Crippen molar-refractivity contribution in [1.82, 2.24) is 4.98 Å². The monoisotopic (exact) mass is 438 g/mol. The van der Waals surface area contributed by atoms with Crippen molar-refractivity contribution in [3.63, 3.8) is 0 Å². The third kappa shape index (κ3) is 4.43. The van der Waals surface area contributed by atoms with E-state index in [1.54, 1.807) is 10.3 Å². The minimum Gasteiger partial charge on any atom is -0.370 e. The molecule has 1 aromatic heterocycles. The van der Waals surface area contributed by atoms with Crippen LogP contribution in [0.3, 0.4) is 0 Å². The molecule has 2 aliphatic rings. The smallest absolute Gasteiger partial charge is 0.370 e. The second kappa shape index (κ2) is 8.25. The van der Waals surface area contributed by atoms with Gasteiger partial charge in [0, 0.05) is 31.4 Å². The molecule has 2 saturated heterocycles. The van der Waals surface area contributed by atoms with Crippen LogP contribution in [0.1, 0.15) is 36.9 Å². The van der Waals surface area contributed by atoms with Gasteiger partial charge in [0.05, 0.1) is 29.1 Å². The number of benzene rings is 1. The van der Waals surface area contributed by atoms with E-state index in [9.17, 15) is 22.8 Å². The number of nitrogens with one attached hydrogen (secondary N) is 1. The van der Waals surface area contributed by atoms with Crippen LogP contribution in [0.15, 0.2) is 23.6 Å². The molecule has 3 heterocycles. The molecule has 0 unspecified atom stereocenters. The van der Waals surface area contributed by atoms with Crippen molar-refractivity contribution in [3.8, 4) is 0 Å². The van der Waals surface area contributed by atoms with Crippen molar-refractivity contribution in [2.75, 3.05) is 34.8 Å². The van der Waals surface area contributed by atoms with Gasteiger partial charge in [0.1, 0.15) is 0 Å². The number of hydrogen-bond acceptors (Lipinski definition) is 5. The lowest BCUT2D eigenvalue weighted by Crippen LogP contribution is -2.24. The molecular weight excluding hydrogens is 417 g/mol. The predicted molar refractivity (Wildman–Crippen MR) is 109 cm³/mol. The summed E-state index contributed by atoms with van der Waals surface area (Å²) < 4.78 is 39.5. The number of rotatable bonds is 5. The Labute approximate surface area is 175 Å². The number of anilines is 3. The van der Waals surface area contributed by atoms with Gasteiger partial charge in [0.25, 0.3) is 0 Å². The number of amides is 2. The Hall–Kier alpha value is -2.62.